The van der Waals surface area contributed by atoms with E-state index in [0.29, 0.717) is 24.2 Å². The van der Waals surface area contributed by atoms with Gasteiger partial charge >= 0.3 is 6.01 Å². The van der Waals surface area contributed by atoms with E-state index >= 15 is 0 Å². The Morgan fingerprint density at radius 2 is 1.74 bits per heavy atom. The summed E-state index contributed by atoms with van der Waals surface area (Å²) in [5.41, 5.74) is 1.70. The van der Waals surface area contributed by atoms with Crippen molar-refractivity contribution < 1.29 is 14.3 Å². The second kappa shape index (κ2) is 9.98. The number of methoxy groups -OCH3 is 1. The van der Waals surface area contributed by atoms with Gasteiger partial charge < -0.3 is 19.4 Å². The smallest absolute Gasteiger partial charge is 0.318 e. The minimum absolute atomic E-state index is 0.180. The van der Waals surface area contributed by atoms with Gasteiger partial charge in [0, 0.05) is 46.8 Å². The maximum atomic E-state index is 13.5. The van der Waals surface area contributed by atoms with Crippen LogP contribution in [0.2, 0.25) is 0 Å². The molecule has 2 amide bonds. The van der Waals surface area contributed by atoms with Crippen molar-refractivity contribution in [2.75, 3.05) is 46.7 Å². The lowest BCUT2D eigenvalue weighted by atomic mass is 9.84. The molecule has 10 nitrogen and oxygen atoms in total. The molecule has 0 bridgehead atoms. The number of amides is 2. The van der Waals surface area contributed by atoms with Crippen LogP contribution in [-0.2, 0) is 16.6 Å². The zero-order valence-corrected chi connectivity index (χ0v) is 20.7. The third-order valence-electron chi connectivity index (χ3n) is 5.41. The van der Waals surface area contributed by atoms with Crippen molar-refractivity contribution in [2.45, 2.75) is 25.7 Å². The topological polar surface area (TPSA) is 104 Å². The van der Waals surface area contributed by atoms with Crippen LogP contribution >= 0.6 is 0 Å². The van der Waals surface area contributed by atoms with E-state index in [1.54, 1.807) is 21.0 Å². The van der Waals surface area contributed by atoms with Gasteiger partial charge in [-0.2, -0.15) is 9.97 Å². The summed E-state index contributed by atoms with van der Waals surface area (Å²) in [5.74, 6) is -0.202. The highest BCUT2D eigenvalue weighted by molar-refractivity contribution is 6.10. The zero-order valence-electron chi connectivity index (χ0n) is 20.7. The van der Waals surface area contributed by atoms with Gasteiger partial charge in [-0.15, -0.1) is 0 Å². The molecule has 0 saturated carbocycles. The summed E-state index contributed by atoms with van der Waals surface area (Å²) in [6, 6.07) is 7.58. The molecule has 180 valence electrons. The molecule has 3 rings (SSSR count). The SMILES string of the molecule is COc1nc2c(c(/N=C/N(C)C)n1)C(=O)N(c1ccc(C(C)(C)C(=O)/N=C/N(C)C)cc1)CC2. The van der Waals surface area contributed by atoms with E-state index < -0.39 is 5.41 Å². The molecular weight excluding hydrogens is 434 g/mol. The number of aliphatic imine (C=N–C) groups is 2. The predicted molar refractivity (Wildman–Crippen MR) is 132 cm³/mol. The highest BCUT2D eigenvalue weighted by Gasteiger charge is 2.33. The Hall–Kier alpha value is -3.82. The first-order valence-corrected chi connectivity index (χ1v) is 10.9. The molecule has 0 N–H and O–H groups in total. The Balaban J connectivity index is 1.91. The molecule has 1 aliphatic heterocycles. The standard InChI is InChI=1S/C24H31N7O3/c1-24(2,22(33)26-15-30(5)6)16-8-10-17(11-9-16)31-13-12-18-19(21(31)32)20(25-14-29(3)4)28-23(27-18)34-7/h8-11,14-15H,12-13H2,1-7H3/b25-14+,26-15+. The summed E-state index contributed by atoms with van der Waals surface area (Å²) >= 11 is 0. The number of aromatic nitrogens is 2. The molecule has 0 radical (unpaired) electrons. The van der Waals surface area contributed by atoms with Crippen molar-refractivity contribution in [3.05, 3.63) is 41.1 Å². The number of nitrogens with zero attached hydrogens (tertiary/aromatic N) is 7. The van der Waals surface area contributed by atoms with E-state index in [2.05, 4.69) is 20.0 Å². The van der Waals surface area contributed by atoms with Crippen LogP contribution < -0.4 is 9.64 Å². The summed E-state index contributed by atoms with van der Waals surface area (Å²) in [5, 5.41) is 0. The largest absolute Gasteiger partial charge is 0.467 e. The maximum absolute atomic E-state index is 13.5. The molecule has 1 aliphatic rings. The normalized spacial score (nSPS) is 14.0. The van der Waals surface area contributed by atoms with Crippen LogP contribution in [0.3, 0.4) is 0 Å². The van der Waals surface area contributed by atoms with Gasteiger partial charge in [0.2, 0.25) is 0 Å². The number of rotatable bonds is 7. The number of ether oxygens (including phenoxy) is 1. The summed E-state index contributed by atoms with van der Waals surface area (Å²) in [6.45, 7) is 4.12. The Bertz CT molecular complexity index is 1120. The van der Waals surface area contributed by atoms with E-state index in [1.807, 2.05) is 66.3 Å². The summed E-state index contributed by atoms with van der Waals surface area (Å²) < 4.78 is 5.19. The van der Waals surface area contributed by atoms with Gasteiger partial charge in [-0.3, -0.25) is 9.59 Å². The predicted octanol–water partition coefficient (Wildman–Crippen LogP) is 2.30. The Morgan fingerprint density at radius 3 is 2.32 bits per heavy atom. The minimum Gasteiger partial charge on any atom is -0.467 e. The second-order valence-electron chi connectivity index (χ2n) is 8.96. The highest BCUT2D eigenvalue weighted by atomic mass is 16.5. The molecule has 1 aromatic carbocycles. The Labute approximate surface area is 200 Å². The lowest BCUT2D eigenvalue weighted by Crippen LogP contribution is -2.38. The van der Waals surface area contributed by atoms with Crippen molar-refractivity contribution in [3.8, 4) is 6.01 Å². The first-order valence-electron chi connectivity index (χ1n) is 10.9. The second-order valence-corrected chi connectivity index (χ2v) is 8.96. The lowest BCUT2D eigenvalue weighted by molar-refractivity contribution is -0.122. The fourth-order valence-electron chi connectivity index (χ4n) is 3.44. The maximum Gasteiger partial charge on any atom is 0.318 e. The molecule has 0 unspecified atom stereocenters. The summed E-state index contributed by atoms with van der Waals surface area (Å²) in [7, 11) is 8.78. The van der Waals surface area contributed by atoms with E-state index in [0.717, 1.165) is 11.3 Å². The van der Waals surface area contributed by atoms with Crippen molar-refractivity contribution in [2.24, 2.45) is 9.98 Å². The Morgan fingerprint density at radius 1 is 1.09 bits per heavy atom. The van der Waals surface area contributed by atoms with Gasteiger partial charge in [-0.1, -0.05) is 12.1 Å². The van der Waals surface area contributed by atoms with E-state index in [-0.39, 0.29) is 23.6 Å². The van der Waals surface area contributed by atoms with Gasteiger partial charge in [-0.25, -0.2) is 9.98 Å². The molecular formula is C24H31N7O3. The summed E-state index contributed by atoms with van der Waals surface area (Å²) in [6.07, 6.45) is 3.62. The van der Waals surface area contributed by atoms with E-state index in [9.17, 15) is 9.59 Å². The number of carbonyl (C=O) groups is 2. The van der Waals surface area contributed by atoms with Gasteiger partial charge in [0.05, 0.1) is 30.9 Å². The quantitative estimate of drug-likeness (QED) is 0.457. The molecule has 10 heteroatoms. The average molecular weight is 466 g/mol. The molecule has 34 heavy (non-hydrogen) atoms. The number of hydrogen-bond donors (Lipinski definition) is 0. The molecule has 0 fully saturated rings. The van der Waals surface area contributed by atoms with Crippen molar-refractivity contribution >= 4 is 36.0 Å². The van der Waals surface area contributed by atoms with Crippen LogP contribution in [0, 0.1) is 0 Å². The first kappa shape index (κ1) is 24.8. The van der Waals surface area contributed by atoms with Crippen LogP contribution in [-0.4, -0.2) is 86.1 Å². The van der Waals surface area contributed by atoms with Crippen molar-refractivity contribution in [3.63, 3.8) is 0 Å². The molecule has 0 saturated heterocycles. The third-order valence-corrected chi connectivity index (χ3v) is 5.41. The van der Waals surface area contributed by atoms with Gasteiger partial charge in [0.1, 0.15) is 5.56 Å². The fourth-order valence-corrected chi connectivity index (χ4v) is 3.44. The van der Waals surface area contributed by atoms with Crippen LogP contribution in [0.15, 0.2) is 34.3 Å². The average Bonchev–Trinajstić information content (AvgIpc) is 2.80. The lowest BCUT2D eigenvalue weighted by Gasteiger charge is -2.29. The van der Waals surface area contributed by atoms with Crippen LogP contribution in [0.4, 0.5) is 11.5 Å². The number of carbonyl (C=O) groups excluding carboxylic acids is 2. The van der Waals surface area contributed by atoms with Gasteiger partial charge in [-0.05, 0) is 31.5 Å². The molecule has 1 aromatic heterocycles. The number of anilines is 1. The van der Waals surface area contributed by atoms with E-state index in [1.165, 1.54) is 13.4 Å². The van der Waals surface area contributed by atoms with Crippen LogP contribution in [0.1, 0.15) is 35.5 Å². The van der Waals surface area contributed by atoms with Gasteiger partial charge in [0.25, 0.3) is 11.8 Å². The fraction of sp³-hybridized carbons (Fsp3) is 0.417. The van der Waals surface area contributed by atoms with Crippen LogP contribution in [0.5, 0.6) is 6.01 Å². The van der Waals surface area contributed by atoms with Crippen molar-refractivity contribution in [1.29, 1.82) is 0 Å². The van der Waals surface area contributed by atoms with Crippen LogP contribution in [0.25, 0.3) is 0 Å². The molecule has 0 spiro atoms. The molecule has 2 aromatic rings. The van der Waals surface area contributed by atoms with Gasteiger partial charge in [0.15, 0.2) is 5.82 Å². The van der Waals surface area contributed by atoms with E-state index in [4.69, 9.17) is 4.74 Å². The number of benzene rings is 1. The Kier molecular flexibility index (Phi) is 7.29. The zero-order chi connectivity index (χ0) is 25.0. The molecule has 0 aliphatic carbocycles. The third kappa shape index (κ3) is 5.22. The molecule has 0 atom stereocenters. The minimum atomic E-state index is -0.804. The number of hydrogen-bond acceptors (Lipinski definition) is 6. The van der Waals surface area contributed by atoms with Crippen molar-refractivity contribution in [1.82, 2.24) is 19.8 Å². The highest BCUT2D eigenvalue weighted by Crippen LogP contribution is 2.32. The first-order chi connectivity index (χ1) is 16.0. The molecule has 2 heterocycles. The number of fused-ring (bicyclic) bond motifs is 1. The monoisotopic (exact) mass is 465 g/mol. The summed E-state index contributed by atoms with van der Waals surface area (Å²) in [4.78, 5) is 48.3.